The van der Waals surface area contributed by atoms with E-state index in [0.717, 1.165) is 5.69 Å². The summed E-state index contributed by atoms with van der Waals surface area (Å²) in [5.74, 6) is 0.0604. The van der Waals surface area contributed by atoms with Crippen LogP contribution in [0.15, 0.2) is 24.3 Å². The molecule has 0 bridgehead atoms. The SMILES string of the molecule is CC(C)(C)C(=O)N(CCN)c1ccc(Cl)cc1. The third kappa shape index (κ3) is 3.72. The van der Waals surface area contributed by atoms with Crippen molar-refractivity contribution in [2.45, 2.75) is 20.8 Å². The van der Waals surface area contributed by atoms with Gasteiger partial charge in [0, 0.05) is 29.2 Å². The molecule has 0 unspecified atom stereocenters. The number of nitrogens with zero attached hydrogens (tertiary/aromatic N) is 1. The molecule has 0 fully saturated rings. The van der Waals surface area contributed by atoms with Gasteiger partial charge in [0.1, 0.15) is 0 Å². The van der Waals surface area contributed by atoms with Crippen LogP contribution in [-0.2, 0) is 4.79 Å². The van der Waals surface area contributed by atoms with Crippen molar-refractivity contribution in [1.82, 2.24) is 0 Å². The zero-order valence-electron chi connectivity index (χ0n) is 10.5. The van der Waals surface area contributed by atoms with Gasteiger partial charge in [-0.3, -0.25) is 4.79 Å². The van der Waals surface area contributed by atoms with Gasteiger partial charge in [-0.15, -0.1) is 0 Å². The fraction of sp³-hybridized carbons (Fsp3) is 0.462. The lowest BCUT2D eigenvalue weighted by Crippen LogP contribution is -2.42. The molecule has 1 rings (SSSR count). The van der Waals surface area contributed by atoms with Crippen LogP contribution in [0.5, 0.6) is 0 Å². The van der Waals surface area contributed by atoms with Crippen LogP contribution in [0, 0.1) is 5.41 Å². The van der Waals surface area contributed by atoms with E-state index >= 15 is 0 Å². The first-order chi connectivity index (χ1) is 7.86. The van der Waals surface area contributed by atoms with E-state index in [-0.39, 0.29) is 5.91 Å². The fourth-order valence-corrected chi connectivity index (χ4v) is 1.63. The number of carbonyl (C=O) groups is 1. The van der Waals surface area contributed by atoms with E-state index < -0.39 is 5.41 Å². The molecule has 0 atom stereocenters. The Kier molecular flexibility index (Phi) is 4.54. The normalized spacial score (nSPS) is 11.4. The van der Waals surface area contributed by atoms with Crippen molar-refractivity contribution < 1.29 is 4.79 Å². The Hall–Kier alpha value is -1.06. The van der Waals surface area contributed by atoms with Crippen LogP contribution in [0.2, 0.25) is 5.02 Å². The van der Waals surface area contributed by atoms with Crippen LogP contribution in [0.3, 0.4) is 0 Å². The molecule has 2 N–H and O–H groups in total. The molecule has 0 heterocycles. The third-order valence-electron chi connectivity index (χ3n) is 2.38. The lowest BCUT2D eigenvalue weighted by Gasteiger charge is -2.29. The lowest BCUT2D eigenvalue weighted by atomic mass is 9.94. The molecule has 0 aromatic heterocycles. The Morgan fingerprint density at radius 2 is 1.82 bits per heavy atom. The molecule has 0 aliphatic carbocycles. The molecule has 4 heteroatoms. The molecular formula is C13H19ClN2O. The summed E-state index contributed by atoms with van der Waals surface area (Å²) >= 11 is 5.83. The minimum atomic E-state index is -0.422. The summed E-state index contributed by atoms with van der Waals surface area (Å²) in [6, 6.07) is 7.22. The maximum Gasteiger partial charge on any atom is 0.232 e. The zero-order chi connectivity index (χ0) is 13.1. The van der Waals surface area contributed by atoms with Crippen LogP contribution in [0.4, 0.5) is 5.69 Å². The van der Waals surface area contributed by atoms with E-state index in [4.69, 9.17) is 17.3 Å². The van der Waals surface area contributed by atoms with Crippen LogP contribution in [0.25, 0.3) is 0 Å². The molecule has 0 aliphatic heterocycles. The van der Waals surface area contributed by atoms with Crippen molar-refractivity contribution >= 4 is 23.2 Å². The molecule has 1 aromatic carbocycles. The van der Waals surface area contributed by atoms with E-state index in [9.17, 15) is 4.79 Å². The number of hydrogen-bond acceptors (Lipinski definition) is 2. The minimum Gasteiger partial charge on any atom is -0.329 e. The number of carbonyl (C=O) groups excluding carboxylic acids is 1. The summed E-state index contributed by atoms with van der Waals surface area (Å²) < 4.78 is 0. The highest BCUT2D eigenvalue weighted by atomic mass is 35.5. The van der Waals surface area contributed by atoms with E-state index in [1.54, 1.807) is 17.0 Å². The Morgan fingerprint density at radius 3 is 2.24 bits per heavy atom. The highest BCUT2D eigenvalue weighted by molar-refractivity contribution is 6.30. The van der Waals surface area contributed by atoms with E-state index in [0.29, 0.717) is 18.1 Å². The molecule has 3 nitrogen and oxygen atoms in total. The van der Waals surface area contributed by atoms with E-state index in [1.165, 1.54) is 0 Å². The maximum atomic E-state index is 12.3. The predicted molar refractivity (Wildman–Crippen MR) is 72.3 cm³/mol. The Morgan fingerprint density at radius 1 is 1.29 bits per heavy atom. The first-order valence-corrected chi connectivity index (χ1v) is 6.01. The summed E-state index contributed by atoms with van der Waals surface area (Å²) in [7, 11) is 0. The second kappa shape index (κ2) is 5.52. The van der Waals surface area contributed by atoms with Gasteiger partial charge in [0.05, 0.1) is 0 Å². The molecule has 1 aromatic rings. The number of anilines is 1. The average Bonchev–Trinajstić information content (AvgIpc) is 2.25. The second-order valence-corrected chi connectivity index (χ2v) is 5.41. The topological polar surface area (TPSA) is 46.3 Å². The van der Waals surface area contributed by atoms with Crippen LogP contribution < -0.4 is 10.6 Å². The Balaban J connectivity index is 3.01. The molecule has 94 valence electrons. The Bertz CT molecular complexity index is 381. The van der Waals surface area contributed by atoms with Crippen molar-refractivity contribution in [3.05, 3.63) is 29.3 Å². The van der Waals surface area contributed by atoms with Gasteiger partial charge in [0.2, 0.25) is 5.91 Å². The summed E-state index contributed by atoms with van der Waals surface area (Å²) in [6.45, 7) is 6.64. The van der Waals surface area contributed by atoms with Crippen molar-refractivity contribution in [2.24, 2.45) is 11.1 Å². The highest BCUT2D eigenvalue weighted by Crippen LogP contribution is 2.24. The number of nitrogens with two attached hydrogens (primary N) is 1. The number of amides is 1. The largest absolute Gasteiger partial charge is 0.329 e. The van der Waals surface area contributed by atoms with Gasteiger partial charge in [-0.05, 0) is 24.3 Å². The lowest BCUT2D eigenvalue weighted by molar-refractivity contribution is -0.125. The van der Waals surface area contributed by atoms with E-state index in [1.807, 2.05) is 32.9 Å². The van der Waals surface area contributed by atoms with Crippen LogP contribution in [-0.4, -0.2) is 19.0 Å². The smallest absolute Gasteiger partial charge is 0.232 e. The Labute approximate surface area is 108 Å². The quantitative estimate of drug-likeness (QED) is 0.902. The van der Waals surface area contributed by atoms with Gasteiger partial charge in [0.25, 0.3) is 0 Å². The van der Waals surface area contributed by atoms with Crippen molar-refractivity contribution in [2.75, 3.05) is 18.0 Å². The molecule has 17 heavy (non-hydrogen) atoms. The van der Waals surface area contributed by atoms with Crippen molar-refractivity contribution in [3.63, 3.8) is 0 Å². The zero-order valence-corrected chi connectivity index (χ0v) is 11.3. The second-order valence-electron chi connectivity index (χ2n) is 4.97. The van der Waals surface area contributed by atoms with Gasteiger partial charge in [-0.2, -0.15) is 0 Å². The number of hydrogen-bond donors (Lipinski definition) is 1. The van der Waals surface area contributed by atoms with Gasteiger partial charge in [0.15, 0.2) is 0 Å². The van der Waals surface area contributed by atoms with E-state index in [2.05, 4.69) is 0 Å². The van der Waals surface area contributed by atoms with Crippen molar-refractivity contribution in [1.29, 1.82) is 0 Å². The fourth-order valence-electron chi connectivity index (χ4n) is 1.50. The standard InChI is InChI=1S/C13H19ClN2O/c1-13(2,3)12(17)16(9-8-15)11-6-4-10(14)5-7-11/h4-7H,8-9,15H2,1-3H3. The molecule has 0 saturated heterocycles. The van der Waals surface area contributed by atoms with Crippen molar-refractivity contribution in [3.8, 4) is 0 Å². The molecule has 1 amide bonds. The summed E-state index contributed by atoms with van der Waals surface area (Å²) in [6.07, 6.45) is 0. The summed E-state index contributed by atoms with van der Waals surface area (Å²) in [5, 5.41) is 0.657. The molecular weight excluding hydrogens is 236 g/mol. The summed E-state index contributed by atoms with van der Waals surface area (Å²) in [4.78, 5) is 14.0. The maximum absolute atomic E-state index is 12.3. The molecule has 0 spiro atoms. The number of halogens is 1. The first kappa shape index (κ1) is 14.0. The predicted octanol–water partition coefficient (Wildman–Crippen LogP) is 2.68. The summed E-state index contributed by atoms with van der Waals surface area (Å²) in [5.41, 5.74) is 5.97. The van der Waals surface area contributed by atoms with Gasteiger partial charge < -0.3 is 10.6 Å². The number of benzene rings is 1. The first-order valence-electron chi connectivity index (χ1n) is 5.64. The van der Waals surface area contributed by atoms with Crippen LogP contribution >= 0.6 is 11.6 Å². The monoisotopic (exact) mass is 254 g/mol. The van der Waals surface area contributed by atoms with Gasteiger partial charge in [-0.25, -0.2) is 0 Å². The van der Waals surface area contributed by atoms with Gasteiger partial charge >= 0.3 is 0 Å². The minimum absolute atomic E-state index is 0.0604. The van der Waals surface area contributed by atoms with Crippen LogP contribution in [0.1, 0.15) is 20.8 Å². The molecule has 0 radical (unpaired) electrons. The number of rotatable bonds is 3. The van der Waals surface area contributed by atoms with Gasteiger partial charge in [-0.1, -0.05) is 32.4 Å². The highest BCUT2D eigenvalue weighted by Gasteiger charge is 2.27. The molecule has 0 aliphatic rings. The third-order valence-corrected chi connectivity index (χ3v) is 2.63. The average molecular weight is 255 g/mol. The molecule has 0 saturated carbocycles.